The van der Waals surface area contributed by atoms with Gasteiger partial charge in [0.05, 0.1) is 0 Å². The fourth-order valence-electron chi connectivity index (χ4n) is 0.450. The van der Waals surface area contributed by atoms with E-state index in [4.69, 9.17) is 5.11 Å². The van der Waals surface area contributed by atoms with E-state index >= 15 is 0 Å². The molecule has 1 amide bonds. The van der Waals surface area contributed by atoms with Gasteiger partial charge in [-0.15, -0.1) is 0 Å². The molecule has 4 heteroatoms. The third kappa shape index (κ3) is 3.83. The summed E-state index contributed by atoms with van der Waals surface area (Å²) >= 11 is 0. The summed E-state index contributed by atoms with van der Waals surface area (Å²) in [6.45, 7) is 4.39. The lowest BCUT2D eigenvalue weighted by Crippen LogP contribution is -2.47. The van der Waals surface area contributed by atoms with Gasteiger partial charge in [0.15, 0.2) is 0 Å². The molecule has 2 N–H and O–H groups in total. The largest absolute Gasteiger partial charge is 0.465 e. The number of nitrogens with zero attached hydrogens (tertiary/aromatic N) is 1. The first-order valence-electron chi connectivity index (χ1n) is 3.50. The van der Waals surface area contributed by atoms with Gasteiger partial charge < -0.3 is 15.3 Å². The van der Waals surface area contributed by atoms with Crippen molar-refractivity contribution in [3.8, 4) is 0 Å². The van der Waals surface area contributed by atoms with E-state index < -0.39 is 6.09 Å². The molecule has 0 aliphatic carbocycles. The third-order valence-corrected chi connectivity index (χ3v) is 1.88. The van der Waals surface area contributed by atoms with Crippen molar-refractivity contribution in [1.29, 1.82) is 0 Å². The molecule has 66 valence electrons. The molecule has 0 atom stereocenters. The van der Waals surface area contributed by atoms with E-state index in [1.54, 1.807) is 0 Å². The Kier molecular flexibility index (Phi) is 3.32. The second kappa shape index (κ2) is 3.57. The molecule has 0 aliphatic rings. The third-order valence-electron chi connectivity index (χ3n) is 1.88. The lowest BCUT2D eigenvalue weighted by atomic mass is 10.1. The van der Waals surface area contributed by atoms with Gasteiger partial charge >= 0.3 is 6.09 Å². The molecule has 0 spiro atoms. The molecule has 4 nitrogen and oxygen atoms in total. The SMILES string of the molecule is CN(C)C(C)(C)CNC(=O)O. The summed E-state index contributed by atoms with van der Waals surface area (Å²) in [4.78, 5) is 12.1. The van der Waals surface area contributed by atoms with Gasteiger partial charge in [-0.2, -0.15) is 0 Å². The van der Waals surface area contributed by atoms with E-state index in [-0.39, 0.29) is 5.54 Å². The van der Waals surface area contributed by atoms with Crippen molar-refractivity contribution < 1.29 is 9.90 Å². The predicted molar refractivity (Wildman–Crippen MR) is 43.8 cm³/mol. The van der Waals surface area contributed by atoms with Crippen molar-refractivity contribution in [2.24, 2.45) is 0 Å². The molecule has 0 rings (SSSR count). The number of amides is 1. The molecular weight excluding hydrogens is 144 g/mol. The maximum Gasteiger partial charge on any atom is 0.404 e. The van der Waals surface area contributed by atoms with Crippen LogP contribution in [0.3, 0.4) is 0 Å². The smallest absolute Gasteiger partial charge is 0.404 e. The molecular formula is C7H16N2O2. The Bertz CT molecular complexity index is 143. The Balaban J connectivity index is 3.82. The Labute approximate surface area is 67.2 Å². The number of likely N-dealkylation sites (N-methyl/N-ethyl adjacent to an activating group) is 1. The lowest BCUT2D eigenvalue weighted by Gasteiger charge is -2.32. The minimum absolute atomic E-state index is 0.127. The van der Waals surface area contributed by atoms with Crippen LogP contribution in [-0.2, 0) is 0 Å². The molecule has 0 aliphatic heterocycles. The molecule has 0 fully saturated rings. The van der Waals surface area contributed by atoms with Crippen LogP contribution in [0.4, 0.5) is 4.79 Å². The fourth-order valence-corrected chi connectivity index (χ4v) is 0.450. The van der Waals surface area contributed by atoms with E-state index in [0.29, 0.717) is 6.54 Å². The minimum atomic E-state index is -0.972. The summed E-state index contributed by atoms with van der Waals surface area (Å²) < 4.78 is 0. The highest BCUT2D eigenvalue weighted by atomic mass is 16.4. The highest BCUT2D eigenvalue weighted by Gasteiger charge is 2.20. The van der Waals surface area contributed by atoms with Crippen LogP contribution in [0.2, 0.25) is 0 Å². The van der Waals surface area contributed by atoms with Gasteiger partial charge in [0.1, 0.15) is 0 Å². The van der Waals surface area contributed by atoms with Gasteiger partial charge in [0.25, 0.3) is 0 Å². The van der Waals surface area contributed by atoms with Crippen molar-refractivity contribution in [3.05, 3.63) is 0 Å². The van der Waals surface area contributed by atoms with Gasteiger partial charge in [-0.25, -0.2) is 4.79 Å². The number of hydrogen-bond acceptors (Lipinski definition) is 2. The first kappa shape index (κ1) is 10.2. The molecule has 0 bridgehead atoms. The number of carbonyl (C=O) groups is 1. The summed E-state index contributed by atoms with van der Waals surface area (Å²) in [5.74, 6) is 0. The molecule has 0 aromatic heterocycles. The average molecular weight is 160 g/mol. The normalized spacial score (nSPS) is 11.7. The monoisotopic (exact) mass is 160 g/mol. The molecule has 0 heterocycles. The quantitative estimate of drug-likeness (QED) is 0.635. The second-order valence-corrected chi connectivity index (χ2v) is 3.37. The number of hydrogen-bond donors (Lipinski definition) is 2. The molecule has 0 saturated heterocycles. The lowest BCUT2D eigenvalue weighted by molar-refractivity contribution is 0.166. The van der Waals surface area contributed by atoms with E-state index in [1.807, 2.05) is 32.8 Å². The zero-order chi connectivity index (χ0) is 9.07. The highest BCUT2D eigenvalue weighted by Crippen LogP contribution is 2.07. The minimum Gasteiger partial charge on any atom is -0.465 e. The summed E-state index contributed by atoms with van der Waals surface area (Å²) in [5.41, 5.74) is -0.127. The predicted octanol–water partition coefficient (Wildman–Crippen LogP) is 0.594. The van der Waals surface area contributed by atoms with E-state index in [2.05, 4.69) is 5.32 Å². The molecule has 0 saturated carbocycles. The molecule has 0 aromatic rings. The van der Waals surface area contributed by atoms with E-state index in [1.165, 1.54) is 0 Å². The van der Waals surface area contributed by atoms with Crippen LogP contribution in [0.5, 0.6) is 0 Å². The van der Waals surface area contributed by atoms with Crippen molar-refractivity contribution in [2.75, 3.05) is 20.6 Å². The van der Waals surface area contributed by atoms with Gasteiger partial charge in [-0.05, 0) is 27.9 Å². The van der Waals surface area contributed by atoms with Gasteiger partial charge in [0.2, 0.25) is 0 Å². The van der Waals surface area contributed by atoms with Crippen molar-refractivity contribution in [1.82, 2.24) is 10.2 Å². The van der Waals surface area contributed by atoms with Gasteiger partial charge in [-0.3, -0.25) is 0 Å². The Morgan fingerprint density at radius 2 is 2.00 bits per heavy atom. The summed E-state index contributed by atoms with van der Waals surface area (Å²) in [6, 6.07) is 0. The molecule has 11 heavy (non-hydrogen) atoms. The first-order valence-corrected chi connectivity index (χ1v) is 3.50. The zero-order valence-electron chi connectivity index (χ0n) is 7.51. The summed E-state index contributed by atoms with van der Waals surface area (Å²) in [6.07, 6.45) is -0.972. The fraction of sp³-hybridized carbons (Fsp3) is 0.857. The van der Waals surface area contributed by atoms with Gasteiger partial charge in [0, 0.05) is 12.1 Å². The van der Waals surface area contributed by atoms with Crippen molar-refractivity contribution >= 4 is 6.09 Å². The van der Waals surface area contributed by atoms with E-state index in [9.17, 15) is 4.79 Å². The molecule has 0 radical (unpaired) electrons. The maximum absolute atomic E-state index is 10.1. The summed E-state index contributed by atoms with van der Waals surface area (Å²) in [7, 11) is 3.84. The van der Waals surface area contributed by atoms with Crippen LogP contribution >= 0.6 is 0 Å². The molecule has 0 unspecified atom stereocenters. The standard InChI is InChI=1S/C7H16N2O2/c1-7(2,9(3)4)5-8-6(10)11/h8H,5H2,1-4H3,(H,10,11). The number of nitrogens with one attached hydrogen (secondary N) is 1. The van der Waals surface area contributed by atoms with Crippen LogP contribution in [0, 0.1) is 0 Å². The zero-order valence-corrected chi connectivity index (χ0v) is 7.51. The highest BCUT2D eigenvalue weighted by molar-refractivity contribution is 5.64. The average Bonchev–Trinajstić information content (AvgIpc) is 1.84. The van der Waals surface area contributed by atoms with Crippen LogP contribution in [0.1, 0.15) is 13.8 Å². The maximum atomic E-state index is 10.1. The molecule has 0 aromatic carbocycles. The Morgan fingerprint density at radius 1 is 1.55 bits per heavy atom. The Morgan fingerprint density at radius 3 is 2.27 bits per heavy atom. The number of rotatable bonds is 3. The van der Waals surface area contributed by atoms with Crippen molar-refractivity contribution in [3.63, 3.8) is 0 Å². The second-order valence-electron chi connectivity index (χ2n) is 3.37. The van der Waals surface area contributed by atoms with Gasteiger partial charge in [-0.1, -0.05) is 0 Å². The van der Waals surface area contributed by atoms with Crippen LogP contribution in [0.15, 0.2) is 0 Å². The Hall–Kier alpha value is -0.770. The van der Waals surface area contributed by atoms with Crippen LogP contribution < -0.4 is 5.32 Å². The van der Waals surface area contributed by atoms with Crippen LogP contribution in [0.25, 0.3) is 0 Å². The first-order chi connectivity index (χ1) is 4.86. The van der Waals surface area contributed by atoms with Crippen LogP contribution in [-0.4, -0.2) is 42.3 Å². The van der Waals surface area contributed by atoms with Crippen molar-refractivity contribution in [2.45, 2.75) is 19.4 Å². The summed E-state index contributed by atoms with van der Waals surface area (Å²) in [5, 5.41) is 10.7. The number of carboxylic acid groups (broad SMARTS) is 1. The van der Waals surface area contributed by atoms with E-state index in [0.717, 1.165) is 0 Å². The topological polar surface area (TPSA) is 52.6 Å².